The number of rotatable bonds is 7. The van der Waals surface area contributed by atoms with E-state index < -0.39 is 0 Å². The van der Waals surface area contributed by atoms with Crippen LogP contribution in [0.4, 0.5) is 0 Å². The van der Waals surface area contributed by atoms with Crippen LogP contribution in [0.1, 0.15) is 51.9 Å². The summed E-state index contributed by atoms with van der Waals surface area (Å²) in [6.07, 6.45) is 8.68. The van der Waals surface area contributed by atoms with Crippen LogP contribution in [0.15, 0.2) is 0 Å². The molecule has 1 rings (SSSR count). The first-order valence-corrected chi connectivity index (χ1v) is 5.33. The zero-order valence-corrected chi connectivity index (χ0v) is 8.46. The van der Waals surface area contributed by atoms with Gasteiger partial charge in [0.05, 0.1) is 0 Å². The molecule has 3 nitrogen and oxygen atoms in total. The molecule has 0 aromatic carbocycles. The van der Waals surface area contributed by atoms with Crippen LogP contribution >= 0.6 is 0 Å². The molecule has 1 heterocycles. The predicted molar refractivity (Wildman–Crippen MR) is 49.9 cm³/mol. The van der Waals surface area contributed by atoms with Gasteiger partial charge in [-0.25, -0.2) is 9.78 Å². The summed E-state index contributed by atoms with van der Waals surface area (Å²) in [5, 5.41) is 0. The van der Waals surface area contributed by atoms with Gasteiger partial charge in [0, 0.05) is 6.42 Å². The van der Waals surface area contributed by atoms with E-state index >= 15 is 0 Å². The highest BCUT2D eigenvalue weighted by atomic mass is 17.3. The lowest BCUT2D eigenvalue weighted by molar-refractivity contribution is -0.278. The standard InChI is InChI=1S/C10H20O3/c1-2-3-4-5-6-7-8-10-11-9-12-13-10/h10H,2-9H2,1H3. The topological polar surface area (TPSA) is 27.7 Å². The van der Waals surface area contributed by atoms with Crippen LogP contribution in [0.5, 0.6) is 0 Å². The Morgan fingerprint density at radius 1 is 1.08 bits per heavy atom. The fourth-order valence-electron chi connectivity index (χ4n) is 1.46. The van der Waals surface area contributed by atoms with Gasteiger partial charge in [-0.15, -0.1) is 0 Å². The lowest BCUT2D eigenvalue weighted by atomic mass is 10.1. The quantitative estimate of drug-likeness (QED) is 0.454. The smallest absolute Gasteiger partial charge is 0.194 e. The largest absolute Gasteiger partial charge is 0.320 e. The number of ether oxygens (including phenoxy) is 1. The summed E-state index contributed by atoms with van der Waals surface area (Å²) in [6.45, 7) is 2.53. The Morgan fingerprint density at radius 3 is 2.54 bits per heavy atom. The Bertz CT molecular complexity index is 111. The molecule has 1 fully saturated rings. The average Bonchev–Trinajstić information content (AvgIpc) is 2.63. The minimum atomic E-state index is -0.105. The van der Waals surface area contributed by atoms with Crippen molar-refractivity contribution in [1.82, 2.24) is 0 Å². The summed E-state index contributed by atoms with van der Waals surface area (Å²) in [5.41, 5.74) is 0. The summed E-state index contributed by atoms with van der Waals surface area (Å²) in [5.74, 6) is 0. The molecule has 0 radical (unpaired) electrons. The average molecular weight is 188 g/mol. The Hall–Kier alpha value is -0.120. The van der Waals surface area contributed by atoms with Crippen LogP contribution in [0, 0.1) is 0 Å². The van der Waals surface area contributed by atoms with Crippen LogP contribution in [0.25, 0.3) is 0 Å². The molecule has 1 aliphatic heterocycles. The van der Waals surface area contributed by atoms with Gasteiger partial charge in [0.1, 0.15) is 0 Å². The summed E-state index contributed by atoms with van der Waals surface area (Å²) < 4.78 is 5.14. The van der Waals surface area contributed by atoms with E-state index in [0.717, 1.165) is 6.42 Å². The minimum absolute atomic E-state index is 0.105. The molecule has 13 heavy (non-hydrogen) atoms. The second-order valence-corrected chi connectivity index (χ2v) is 3.48. The van der Waals surface area contributed by atoms with Gasteiger partial charge in [0.25, 0.3) is 0 Å². The van der Waals surface area contributed by atoms with E-state index in [2.05, 4.69) is 11.8 Å². The fourth-order valence-corrected chi connectivity index (χ4v) is 1.46. The number of hydrogen-bond acceptors (Lipinski definition) is 3. The van der Waals surface area contributed by atoms with Crippen molar-refractivity contribution in [2.24, 2.45) is 0 Å². The van der Waals surface area contributed by atoms with E-state index in [1.165, 1.54) is 38.5 Å². The normalized spacial score (nSPS) is 22.4. The maximum absolute atomic E-state index is 5.14. The Kier molecular flexibility index (Phi) is 6.15. The third-order valence-electron chi connectivity index (χ3n) is 2.27. The lowest BCUT2D eigenvalue weighted by Gasteiger charge is -2.05. The van der Waals surface area contributed by atoms with E-state index in [4.69, 9.17) is 9.62 Å². The van der Waals surface area contributed by atoms with Gasteiger partial charge >= 0.3 is 0 Å². The van der Waals surface area contributed by atoms with Gasteiger partial charge in [-0.05, 0) is 6.42 Å². The van der Waals surface area contributed by atoms with E-state index in [9.17, 15) is 0 Å². The minimum Gasteiger partial charge on any atom is -0.320 e. The highest BCUT2D eigenvalue weighted by Crippen LogP contribution is 2.14. The molecule has 1 unspecified atom stereocenters. The maximum Gasteiger partial charge on any atom is 0.194 e. The molecule has 1 saturated heterocycles. The highest BCUT2D eigenvalue weighted by Gasteiger charge is 2.16. The molecular weight excluding hydrogens is 168 g/mol. The monoisotopic (exact) mass is 188 g/mol. The summed E-state index contributed by atoms with van der Waals surface area (Å²) >= 11 is 0. The van der Waals surface area contributed by atoms with Gasteiger partial charge in [-0.2, -0.15) is 0 Å². The van der Waals surface area contributed by atoms with Gasteiger partial charge in [0.2, 0.25) is 0 Å². The van der Waals surface area contributed by atoms with Crippen molar-refractivity contribution in [2.45, 2.75) is 58.2 Å². The molecule has 0 aromatic heterocycles. The number of unbranched alkanes of at least 4 members (excludes halogenated alkanes) is 5. The number of hydrogen-bond donors (Lipinski definition) is 0. The molecule has 0 N–H and O–H groups in total. The molecule has 0 aromatic rings. The molecule has 78 valence electrons. The molecule has 0 bridgehead atoms. The summed E-state index contributed by atoms with van der Waals surface area (Å²) in [6, 6.07) is 0. The van der Waals surface area contributed by atoms with Crippen molar-refractivity contribution in [3.8, 4) is 0 Å². The van der Waals surface area contributed by atoms with Gasteiger partial charge in [-0.1, -0.05) is 39.0 Å². The van der Waals surface area contributed by atoms with Gasteiger partial charge in [-0.3, -0.25) is 0 Å². The first-order chi connectivity index (χ1) is 6.43. The van der Waals surface area contributed by atoms with Gasteiger partial charge < -0.3 is 4.74 Å². The Morgan fingerprint density at radius 2 is 1.85 bits per heavy atom. The molecule has 1 atom stereocenters. The van der Waals surface area contributed by atoms with Crippen molar-refractivity contribution < 1.29 is 14.5 Å². The van der Waals surface area contributed by atoms with Crippen LogP contribution in [0.2, 0.25) is 0 Å². The molecule has 0 aliphatic carbocycles. The van der Waals surface area contributed by atoms with E-state index in [1.807, 2.05) is 0 Å². The molecule has 0 saturated carbocycles. The fraction of sp³-hybridized carbons (Fsp3) is 1.00. The Balaban J connectivity index is 1.78. The summed E-state index contributed by atoms with van der Waals surface area (Å²) in [7, 11) is 0. The SMILES string of the molecule is CCCCCCCCC1OCOO1. The predicted octanol–water partition coefficient (Wildman–Crippen LogP) is 3.00. The van der Waals surface area contributed by atoms with Crippen molar-refractivity contribution in [1.29, 1.82) is 0 Å². The second-order valence-electron chi connectivity index (χ2n) is 3.48. The second kappa shape index (κ2) is 7.30. The zero-order chi connectivity index (χ0) is 9.36. The van der Waals surface area contributed by atoms with Crippen LogP contribution in [0.3, 0.4) is 0 Å². The first-order valence-electron chi connectivity index (χ1n) is 5.33. The molecule has 0 amide bonds. The van der Waals surface area contributed by atoms with E-state index in [0.29, 0.717) is 6.79 Å². The first kappa shape index (κ1) is 11.0. The summed E-state index contributed by atoms with van der Waals surface area (Å²) in [4.78, 5) is 9.49. The molecule has 1 aliphatic rings. The van der Waals surface area contributed by atoms with Crippen molar-refractivity contribution in [3.05, 3.63) is 0 Å². The van der Waals surface area contributed by atoms with Crippen molar-refractivity contribution in [2.75, 3.05) is 6.79 Å². The zero-order valence-electron chi connectivity index (χ0n) is 8.46. The molecule has 0 spiro atoms. The van der Waals surface area contributed by atoms with Crippen LogP contribution in [-0.4, -0.2) is 13.1 Å². The van der Waals surface area contributed by atoms with Crippen LogP contribution < -0.4 is 0 Å². The van der Waals surface area contributed by atoms with E-state index in [1.54, 1.807) is 0 Å². The van der Waals surface area contributed by atoms with Crippen LogP contribution in [-0.2, 0) is 14.5 Å². The van der Waals surface area contributed by atoms with E-state index in [-0.39, 0.29) is 6.29 Å². The van der Waals surface area contributed by atoms with Gasteiger partial charge in [0.15, 0.2) is 13.1 Å². The Labute approximate surface area is 80.3 Å². The van der Waals surface area contributed by atoms with Crippen molar-refractivity contribution in [3.63, 3.8) is 0 Å². The molecule has 3 heteroatoms. The third-order valence-corrected chi connectivity index (χ3v) is 2.27. The lowest BCUT2D eigenvalue weighted by Crippen LogP contribution is -2.06. The highest BCUT2D eigenvalue weighted by molar-refractivity contribution is 4.48. The maximum atomic E-state index is 5.14. The third kappa shape index (κ3) is 5.24. The molecular formula is C10H20O3. The van der Waals surface area contributed by atoms with Crippen molar-refractivity contribution >= 4 is 0 Å².